The number of hydrogen-bond acceptors (Lipinski definition) is 2. The lowest BCUT2D eigenvalue weighted by molar-refractivity contribution is 0.112. The Bertz CT molecular complexity index is 492. The Morgan fingerprint density at radius 2 is 2.36 bits per heavy atom. The van der Waals surface area contributed by atoms with Gasteiger partial charge in [0.05, 0.1) is 0 Å². The maximum Gasteiger partial charge on any atom is 0.151 e. The van der Waals surface area contributed by atoms with E-state index >= 15 is 0 Å². The van der Waals surface area contributed by atoms with Gasteiger partial charge in [0.25, 0.3) is 0 Å². The smallest absolute Gasteiger partial charge is 0.151 e. The number of alkyl halides is 1. The summed E-state index contributed by atoms with van der Waals surface area (Å²) in [4.78, 5) is 10.8. The van der Waals surface area contributed by atoms with E-state index in [9.17, 15) is 4.79 Å². The summed E-state index contributed by atoms with van der Waals surface area (Å²) in [6.45, 7) is 0. The number of rotatable bonds is 2. The Kier molecular flexibility index (Phi) is 2.91. The second kappa shape index (κ2) is 4.01. The van der Waals surface area contributed by atoms with E-state index < -0.39 is 0 Å². The molecule has 0 N–H and O–H groups in total. The molecule has 0 aliphatic rings. The summed E-state index contributed by atoms with van der Waals surface area (Å²) in [5.41, 5.74) is 1.72. The zero-order chi connectivity index (χ0) is 10.1. The largest absolute Gasteiger partial charge is 0.298 e. The van der Waals surface area contributed by atoms with Crippen molar-refractivity contribution >= 4 is 55.2 Å². The summed E-state index contributed by atoms with van der Waals surface area (Å²) in [7, 11) is 0. The van der Waals surface area contributed by atoms with Gasteiger partial charge in [-0.05, 0) is 28.5 Å². The van der Waals surface area contributed by atoms with Gasteiger partial charge in [0.15, 0.2) is 6.29 Å². The maximum absolute atomic E-state index is 10.8. The van der Waals surface area contributed by atoms with Crippen LogP contribution in [0.2, 0.25) is 5.02 Å². The molecule has 0 radical (unpaired) electrons. The first kappa shape index (κ1) is 10.1. The Hall–Kier alpha value is -0.380. The van der Waals surface area contributed by atoms with Crippen LogP contribution in [-0.4, -0.2) is 6.29 Å². The molecular weight excluding hydrogens is 284 g/mol. The van der Waals surface area contributed by atoms with E-state index in [0.29, 0.717) is 15.9 Å². The van der Waals surface area contributed by atoms with Gasteiger partial charge < -0.3 is 0 Å². The predicted octanol–water partition coefficient (Wildman–Crippen LogP) is 4.26. The fraction of sp³-hybridized carbons (Fsp3) is 0.100. The average molecular weight is 290 g/mol. The van der Waals surface area contributed by atoms with Gasteiger partial charge in [0, 0.05) is 20.6 Å². The van der Waals surface area contributed by atoms with Crippen molar-refractivity contribution in [2.45, 2.75) is 5.33 Å². The van der Waals surface area contributed by atoms with Gasteiger partial charge in [-0.15, -0.1) is 11.3 Å². The van der Waals surface area contributed by atoms with Gasteiger partial charge in [-0.1, -0.05) is 27.5 Å². The molecule has 0 aliphatic heterocycles. The molecule has 0 bridgehead atoms. The van der Waals surface area contributed by atoms with E-state index in [1.165, 1.54) is 0 Å². The van der Waals surface area contributed by atoms with Crippen LogP contribution < -0.4 is 0 Å². The molecule has 2 aromatic rings. The topological polar surface area (TPSA) is 17.1 Å². The minimum absolute atomic E-state index is 0.648. The second-order valence-corrected chi connectivity index (χ2v) is 4.73. The Morgan fingerprint density at radius 3 is 3.00 bits per heavy atom. The summed E-state index contributed by atoms with van der Waals surface area (Å²) in [5, 5.41) is 4.40. The molecule has 0 atom stereocenters. The van der Waals surface area contributed by atoms with E-state index in [1.54, 1.807) is 17.4 Å². The summed E-state index contributed by atoms with van der Waals surface area (Å²) >= 11 is 11.0. The molecule has 0 aliphatic carbocycles. The quantitative estimate of drug-likeness (QED) is 0.596. The highest BCUT2D eigenvalue weighted by Gasteiger charge is 2.10. The molecule has 0 fully saturated rings. The molecule has 2 rings (SSSR count). The van der Waals surface area contributed by atoms with Gasteiger partial charge in [-0.2, -0.15) is 0 Å². The number of fused-ring (bicyclic) bond motifs is 1. The number of benzene rings is 1. The summed E-state index contributed by atoms with van der Waals surface area (Å²) in [6, 6.07) is 3.72. The zero-order valence-electron chi connectivity index (χ0n) is 7.09. The van der Waals surface area contributed by atoms with Crippen LogP contribution in [0.25, 0.3) is 10.1 Å². The minimum Gasteiger partial charge on any atom is -0.298 e. The van der Waals surface area contributed by atoms with Gasteiger partial charge in [-0.3, -0.25) is 4.79 Å². The molecule has 0 amide bonds. The first-order valence-corrected chi connectivity index (χ1v) is 6.35. The van der Waals surface area contributed by atoms with Gasteiger partial charge in [-0.25, -0.2) is 0 Å². The third-order valence-corrected chi connectivity index (χ3v) is 3.95. The van der Waals surface area contributed by atoms with Crippen LogP contribution in [0.1, 0.15) is 15.9 Å². The van der Waals surface area contributed by atoms with Crippen molar-refractivity contribution in [3.05, 3.63) is 33.7 Å². The third-order valence-electron chi connectivity index (χ3n) is 2.08. The van der Waals surface area contributed by atoms with E-state index in [1.807, 2.05) is 11.4 Å². The highest BCUT2D eigenvalue weighted by Crippen LogP contribution is 2.33. The lowest BCUT2D eigenvalue weighted by Gasteiger charge is -2.04. The van der Waals surface area contributed by atoms with Gasteiger partial charge in [0.1, 0.15) is 0 Å². The van der Waals surface area contributed by atoms with Crippen molar-refractivity contribution in [2.24, 2.45) is 0 Å². The second-order valence-electron chi connectivity index (χ2n) is 2.84. The van der Waals surface area contributed by atoms with Crippen LogP contribution in [0.15, 0.2) is 17.5 Å². The monoisotopic (exact) mass is 288 g/mol. The predicted molar refractivity (Wildman–Crippen MR) is 64.9 cm³/mol. The van der Waals surface area contributed by atoms with Crippen LogP contribution in [-0.2, 0) is 5.33 Å². The van der Waals surface area contributed by atoms with Gasteiger partial charge in [0.2, 0.25) is 0 Å². The Balaban J connectivity index is 2.88. The highest BCUT2D eigenvalue weighted by molar-refractivity contribution is 9.08. The van der Waals surface area contributed by atoms with Crippen molar-refractivity contribution < 1.29 is 4.79 Å². The first-order chi connectivity index (χ1) is 6.77. The van der Waals surface area contributed by atoms with E-state index in [-0.39, 0.29) is 0 Å². The summed E-state index contributed by atoms with van der Waals surface area (Å²) < 4.78 is 1.01. The molecule has 1 aromatic heterocycles. The summed E-state index contributed by atoms with van der Waals surface area (Å²) in [5.74, 6) is 0. The molecule has 1 aromatic carbocycles. The maximum atomic E-state index is 10.8. The molecule has 0 saturated heterocycles. The molecule has 0 saturated carbocycles. The Labute approximate surface area is 98.8 Å². The van der Waals surface area contributed by atoms with Crippen LogP contribution in [0.4, 0.5) is 0 Å². The fourth-order valence-electron chi connectivity index (χ4n) is 1.41. The highest BCUT2D eigenvalue weighted by atomic mass is 79.9. The van der Waals surface area contributed by atoms with E-state index in [0.717, 1.165) is 21.9 Å². The molecular formula is C10H6BrClOS. The van der Waals surface area contributed by atoms with Crippen molar-refractivity contribution in [1.82, 2.24) is 0 Å². The van der Waals surface area contributed by atoms with Crippen LogP contribution >= 0.6 is 38.9 Å². The number of carbonyl (C=O) groups excluding carboxylic acids is 1. The number of halogens is 2. The number of aldehydes is 1. The van der Waals surface area contributed by atoms with E-state index in [4.69, 9.17) is 11.6 Å². The van der Waals surface area contributed by atoms with Crippen LogP contribution in [0, 0.1) is 0 Å². The Morgan fingerprint density at radius 1 is 1.57 bits per heavy atom. The lowest BCUT2D eigenvalue weighted by atomic mass is 10.1. The standard InChI is InChI=1S/C10H6BrClOS/c11-4-8-7-1-2-14-10(7)6(5-13)3-9(8)12/h1-3,5H,4H2. The first-order valence-electron chi connectivity index (χ1n) is 3.97. The molecule has 1 heterocycles. The molecule has 4 heteroatoms. The van der Waals surface area contributed by atoms with Crippen molar-refractivity contribution in [2.75, 3.05) is 0 Å². The van der Waals surface area contributed by atoms with Crippen LogP contribution in [0.3, 0.4) is 0 Å². The molecule has 14 heavy (non-hydrogen) atoms. The third kappa shape index (κ3) is 1.49. The molecule has 72 valence electrons. The fourth-order valence-corrected chi connectivity index (χ4v) is 3.36. The minimum atomic E-state index is 0.648. The zero-order valence-corrected chi connectivity index (χ0v) is 10.2. The lowest BCUT2D eigenvalue weighted by Crippen LogP contribution is -1.86. The van der Waals surface area contributed by atoms with Crippen molar-refractivity contribution in [3.63, 3.8) is 0 Å². The summed E-state index contributed by atoms with van der Waals surface area (Å²) in [6.07, 6.45) is 0.850. The van der Waals surface area contributed by atoms with Crippen molar-refractivity contribution in [3.8, 4) is 0 Å². The number of carbonyl (C=O) groups is 1. The molecule has 1 nitrogen and oxygen atoms in total. The number of thiophene rings is 1. The molecule has 0 spiro atoms. The molecule has 0 unspecified atom stereocenters. The van der Waals surface area contributed by atoms with Crippen LogP contribution in [0.5, 0.6) is 0 Å². The van der Waals surface area contributed by atoms with E-state index in [2.05, 4.69) is 15.9 Å². The SMILES string of the molecule is O=Cc1cc(Cl)c(CBr)c2ccsc12. The average Bonchev–Trinajstić information content (AvgIpc) is 2.65. The number of hydrogen-bond donors (Lipinski definition) is 0. The normalized spacial score (nSPS) is 10.7. The van der Waals surface area contributed by atoms with Gasteiger partial charge >= 0.3 is 0 Å². The van der Waals surface area contributed by atoms with Crippen molar-refractivity contribution in [1.29, 1.82) is 0 Å².